The molecule has 3 rings (SSSR count). The molecule has 1 fully saturated rings. The van der Waals surface area contributed by atoms with Crippen molar-refractivity contribution in [2.24, 2.45) is 5.92 Å². The number of likely N-dealkylation sites (tertiary alicyclic amines) is 1. The van der Waals surface area contributed by atoms with Gasteiger partial charge in [0.05, 0.1) is 12.8 Å². The van der Waals surface area contributed by atoms with Gasteiger partial charge in [0.15, 0.2) is 0 Å². The molecule has 1 aliphatic rings. The minimum Gasteiger partial charge on any atom is -0.481 e. The van der Waals surface area contributed by atoms with Gasteiger partial charge in [0.2, 0.25) is 11.8 Å². The number of pyridine rings is 1. The standard InChI is InChI=1S/C23H33N5O4/c1-16(10-13-27-11-6-7-12-27)21(29)25-19-14-18(17-8-9-20(31-5)24-15-17)26-28(19)22(30)32-23(2,3)4/h8-9,14-16H,6-7,10-13H2,1-5H3,(H,25,29). The van der Waals surface area contributed by atoms with Gasteiger partial charge in [-0.15, -0.1) is 4.68 Å². The number of hydrogen-bond acceptors (Lipinski definition) is 7. The summed E-state index contributed by atoms with van der Waals surface area (Å²) in [7, 11) is 1.54. The SMILES string of the molecule is COc1ccc(-c2cc(NC(=O)C(C)CCN3CCCC3)n(C(=O)OC(C)(C)C)n2)cn1. The lowest BCUT2D eigenvalue weighted by atomic mass is 10.1. The summed E-state index contributed by atoms with van der Waals surface area (Å²) < 4.78 is 11.7. The molecule has 1 unspecified atom stereocenters. The van der Waals surface area contributed by atoms with E-state index in [1.165, 1.54) is 20.0 Å². The Bertz CT molecular complexity index is 927. The fraction of sp³-hybridized carbons (Fsp3) is 0.565. The van der Waals surface area contributed by atoms with Crippen LogP contribution in [0.4, 0.5) is 10.6 Å². The number of methoxy groups -OCH3 is 1. The highest BCUT2D eigenvalue weighted by molar-refractivity contribution is 5.94. The third kappa shape index (κ3) is 6.29. The quantitative estimate of drug-likeness (QED) is 0.695. The first kappa shape index (κ1) is 23.7. The molecule has 0 radical (unpaired) electrons. The minimum atomic E-state index is -0.699. The van der Waals surface area contributed by atoms with Gasteiger partial charge in [0.25, 0.3) is 0 Å². The maximum absolute atomic E-state index is 12.9. The van der Waals surface area contributed by atoms with Gasteiger partial charge in [-0.2, -0.15) is 5.10 Å². The van der Waals surface area contributed by atoms with Gasteiger partial charge in [0.1, 0.15) is 11.4 Å². The van der Waals surface area contributed by atoms with Gasteiger partial charge in [-0.05, 0) is 65.7 Å². The number of ether oxygens (including phenoxy) is 2. The second kappa shape index (κ2) is 10.1. The summed E-state index contributed by atoms with van der Waals surface area (Å²) in [5, 5.41) is 7.24. The fourth-order valence-corrected chi connectivity index (χ4v) is 3.47. The summed E-state index contributed by atoms with van der Waals surface area (Å²) in [6.07, 6.45) is 4.13. The van der Waals surface area contributed by atoms with Gasteiger partial charge < -0.3 is 19.7 Å². The van der Waals surface area contributed by atoms with E-state index < -0.39 is 11.7 Å². The summed E-state index contributed by atoms with van der Waals surface area (Å²) in [4.78, 5) is 32.2. The molecule has 2 aromatic rings. The molecule has 2 aromatic heterocycles. The first-order valence-electron chi connectivity index (χ1n) is 11.0. The summed E-state index contributed by atoms with van der Waals surface area (Å²) >= 11 is 0. The van der Waals surface area contributed by atoms with Crippen molar-refractivity contribution in [3.63, 3.8) is 0 Å². The molecule has 9 heteroatoms. The molecule has 174 valence electrons. The number of nitrogens with one attached hydrogen (secondary N) is 1. The zero-order chi connectivity index (χ0) is 23.3. The molecule has 3 heterocycles. The van der Waals surface area contributed by atoms with E-state index in [2.05, 4.69) is 20.3 Å². The van der Waals surface area contributed by atoms with Crippen LogP contribution < -0.4 is 10.1 Å². The normalized spacial score (nSPS) is 15.4. The van der Waals surface area contributed by atoms with Crippen LogP contribution in [0.3, 0.4) is 0 Å². The molecule has 1 atom stereocenters. The Morgan fingerprint density at radius 1 is 1.22 bits per heavy atom. The average molecular weight is 444 g/mol. The molecule has 0 aliphatic carbocycles. The molecule has 0 spiro atoms. The van der Waals surface area contributed by atoms with Crippen molar-refractivity contribution < 1.29 is 19.1 Å². The zero-order valence-corrected chi connectivity index (χ0v) is 19.6. The Labute approximate surface area is 189 Å². The molecule has 0 aromatic carbocycles. The molecule has 9 nitrogen and oxygen atoms in total. The molecule has 32 heavy (non-hydrogen) atoms. The highest BCUT2D eigenvalue weighted by Crippen LogP contribution is 2.24. The number of nitrogens with zero attached hydrogens (tertiary/aromatic N) is 4. The number of aromatic nitrogens is 3. The molecule has 1 aliphatic heterocycles. The topological polar surface area (TPSA) is 98.6 Å². The van der Waals surface area contributed by atoms with Gasteiger partial charge in [-0.3, -0.25) is 4.79 Å². The number of carbonyl (C=O) groups is 2. The lowest BCUT2D eigenvalue weighted by Crippen LogP contribution is -2.31. The molecule has 0 saturated carbocycles. The first-order valence-corrected chi connectivity index (χ1v) is 11.0. The Kier molecular flexibility index (Phi) is 7.50. The monoisotopic (exact) mass is 443 g/mol. The van der Waals surface area contributed by atoms with Crippen LogP contribution in [0.15, 0.2) is 24.4 Å². The van der Waals surface area contributed by atoms with Crippen LogP contribution in [0.25, 0.3) is 11.3 Å². The minimum absolute atomic E-state index is 0.159. The van der Waals surface area contributed by atoms with Crippen molar-refractivity contribution in [3.05, 3.63) is 24.4 Å². The lowest BCUT2D eigenvalue weighted by Gasteiger charge is -2.20. The largest absolute Gasteiger partial charge is 0.481 e. The van der Waals surface area contributed by atoms with E-state index >= 15 is 0 Å². The number of anilines is 1. The maximum atomic E-state index is 12.9. The smallest absolute Gasteiger partial charge is 0.437 e. The summed E-state index contributed by atoms with van der Waals surface area (Å²) in [5.41, 5.74) is 0.478. The van der Waals surface area contributed by atoms with Crippen molar-refractivity contribution >= 4 is 17.8 Å². The van der Waals surface area contributed by atoms with Crippen molar-refractivity contribution in [1.29, 1.82) is 0 Å². The summed E-state index contributed by atoms with van der Waals surface area (Å²) in [6, 6.07) is 5.15. The molecule has 1 N–H and O–H groups in total. The predicted octanol–water partition coefficient (Wildman–Crippen LogP) is 3.80. The Hall–Kier alpha value is -2.94. The molecule has 1 amide bonds. The Balaban J connectivity index is 1.78. The van der Waals surface area contributed by atoms with E-state index in [0.717, 1.165) is 30.7 Å². The predicted molar refractivity (Wildman–Crippen MR) is 122 cm³/mol. The van der Waals surface area contributed by atoms with Gasteiger partial charge in [0, 0.05) is 29.8 Å². The molecule has 0 bridgehead atoms. The van der Waals surface area contributed by atoms with Gasteiger partial charge in [-0.25, -0.2) is 9.78 Å². The van der Waals surface area contributed by atoms with Crippen LogP contribution in [-0.2, 0) is 9.53 Å². The molecular formula is C23H33N5O4. The van der Waals surface area contributed by atoms with Crippen molar-refractivity contribution in [1.82, 2.24) is 19.7 Å². The van der Waals surface area contributed by atoms with Crippen LogP contribution in [0, 0.1) is 5.92 Å². The van der Waals surface area contributed by atoms with Gasteiger partial charge >= 0.3 is 6.09 Å². The second-order valence-electron chi connectivity index (χ2n) is 9.12. The number of rotatable bonds is 7. The Morgan fingerprint density at radius 2 is 1.94 bits per heavy atom. The second-order valence-corrected chi connectivity index (χ2v) is 9.12. The average Bonchev–Trinajstić information content (AvgIpc) is 3.41. The molecule has 1 saturated heterocycles. The highest BCUT2D eigenvalue weighted by atomic mass is 16.6. The van der Waals surface area contributed by atoms with Crippen LogP contribution in [0.1, 0.15) is 47.0 Å². The van der Waals surface area contributed by atoms with E-state index in [-0.39, 0.29) is 17.6 Å². The third-order valence-corrected chi connectivity index (χ3v) is 5.29. The fourth-order valence-electron chi connectivity index (χ4n) is 3.47. The van der Waals surface area contributed by atoms with Crippen molar-refractivity contribution in [2.45, 2.75) is 52.6 Å². The van der Waals surface area contributed by atoms with E-state index in [9.17, 15) is 9.59 Å². The lowest BCUT2D eigenvalue weighted by molar-refractivity contribution is -0.119. The van der Waals surface area contributed by atoms with E-state index in [1.807, 2.05) is 6.92 Å². The van der Waals surface area contributed by atoms with Crippen molar-refractivity contribution in [2.75, 3.05) is 32.1 Å². The number of amides is 1. The summed E-state index contributed by atoms with van der Waals surface area (Å²) in [5.74, 6) is 0.376. The van der Waals surface area contributed by atoms with Crippen LogP contribution in [-0.4, -0.2) is 64.0 Å². The van der Waals surface area contributed by atoms with Gasteiger partial charge in [-0.1, -0.05) is 6.92 Å². The number of carbonyl (C=O) groups excluding carboxylic acids is 2. The number of hydrogen-bond donors (Lipinski definition) is 1. The Morgan fingerprint density at radius 3 is 2.53 bits per heavy atom. The van der Waals surface area contributed by atoms with Crippen LogP contribution in [0.5, 0.6) is 5.88 Å². The third-order valence-electron chi connectivity index (χ3n) is 5.29. The molecular weight excluding hydrogens is 410 g/mol. The van der Waals surface area contributed by atoms with Crippen LogP contribution in [0.2, 0.25) is 0 Å². The zero-order valence-electron chi connectivity index (χ0n) is 19.6. The van der Waals surface area contributed by atoms with E-state index in [1.54, 1.807) is 45.2 Å². The first-order chi connectivity index (χ1) is 15.2. The maximum Gasteiger partial charge on any atom is 0.437 e. The summed E-state index contributed by atoms with van der Waals surface area (Å²) in [6.45, 7) is 10.3. The van der Waals surface area contributed by atoms with Crippen molar-refractivity contribution in [3.8, 4) is 17.1 Å². The van der Waals surface area contributed by atoms with Crippen LogP contribution >= 0.6 is 0 Å². The van der Waals surface area contributed by atoms with E-state index in [0.29, 0.717) is 17.1 Å². The highest BCUT2D eigenvalue weighted by Gasteiger charge is 2.25. The van der Waals surface area contributed by atoms with E-state index in [4.69, 9.17) is 9.47 Å².